The molecule has 0 amide bonds. The van der Waals surface area contributed by atoms with Crippen LogP contribution in [0.3, 0.4) is 0 Å². The van der Waals surface area contributed by atoms with Gasteiger partial charge in [-0.2, -0.15) is 10.2 Å². The van der Waals surface area contributed by atoms with Crippen molar-refractivity contribution in [3.05, 3.63) is 23.7 Å². The summed E-state index contributed by atoms with van der Waals surface area (Å²) < 4.78 is 12.0. The van der Waals surface area contributed by atoms with E-state index in [4.69, 9.17) is 21.4 Å². The maximum absolute atomic E-state index is 6.15. The molecule has 31 heavy (non-hydrogen) atoms. The van der Waals surface area contributed by atoms with Gasteiger partial charge >= 0.3 is 0 Å². The molecule has 0 saturated carbocycles. The summed E-state index contributed by atoms with van der Waals surface area (Å²) in [6.07, 6.45) is 1.62. The molecular formula is C21H37N7O2S. The zero-order valence-electron chi connectivity index (χ0n) is 19.5. The fraction of sp³-hybridized carbons (Fsp3) is 0.667. The summed E-state index contributed by atoms with van der Waals surface area (Å²) in [4.78, 5) is 2.42. The topological polar surface area (TPSA) is 98.5 Å². The lowest BCUT2D eigenvalue weighted by Gasteiger charge is -2.52. The zero-order valence-corrected chi connectivity index (χ0v) is 20.4. The fourth-order valence-corrected chi connectivity index (χ4v) is 3.69. The lowest BCUT2D eigenvalue weighted by molar-refractivity contribution is -0.133. The first-order valence-electron chi connectivity index (χ1n) is 10.7. The molecule has 9 nitrogen and oxygen atoms in total. The Hall–Kier alpha value is -2.01. The van der Waals surface area contributed by atoms with Gasteiger partial charge in [0.15, 0.2) is 10.9 Å². The number of rotatable bonds is 10. The monoisotopic (exact) mass is 451 g/mol. The van der Waals surface area contributed by atoms with Crippen LogP contribution in [0.25, 0.3) is 0 Å². The Bertz CT molecular complexity index is 758. The SMILES string of the molecule is CCNCN/N=C/C(=N/NC(=S)NCC)c1ccc(CN2C(C)(C)COCC2(C)C)o1. The summed E-state index contributed by atoms with van der Waals surface area (Å²) in [6.45, 7) is 17.0. The number of morpholine rings is 1. The molecule has 1 aliphatic rings. The molecule has 174 valence electrons. The first-order valence-corrected chi connectivity index (χ1v) is 11.1. The van der Waals surface area contributed by atoms with Crippen LogP contribution in [-0.4, -0.2) is 66.0 Å². The summed E-state index contributed by atoms with van der Waals surface area (Å²) in [6, 6.07) is 3.89. The van der Waals surface area contributed by atoms with Crippen molar-refractivity contribution in [1.29, 1.82) is 0 Å². The molecule has 4 N–H and O–H groups in total. The number of ether oxygens (including phenoxy) is 1. The third-order valence-electron chi connectivity index (χ3n) is 4.95. The van der Waals surface area contributed by atoms with Gasteiger partial charge in [-0.3, -0.25) is 21.1 Å². The van der Waals surface area contributed by atoms with Crippen LogP contribution in [0, 0.1) is 0 Å². The van der Waals surface area contributed by atoms with Gasteiger partial charge in [0, 0.05) is 17.6 Å². The second-order valence-corrected chi connectivity index (χ2v) is 9.04. The van der Waals surface area contributed by atoms with E-state index in [0.717, 1.165) is 12.3 Å². The summed E-state index contributed by atoms with van der Waals surface area (Å²) in [5, 5.41) is 15.2. The maximum Gasteiger partial charge on any atom is 0.186 e. The Morgan fingerprint density at radius 3 is 2.52 bits per heavy atom. The van der Waals surface area contributed by atoms with Gasteiger partial charge in [-0.25, -0.2) is 0 Å². The molecule has 1 aromatic heterocycles. The number of furan rings is 1. The minimum atomic E-state index is -0.0944. The average molecular weight is 452 g/mol. The van der Waals surface area contributed by atoms with E-state index in [9.17, 15) is 0 Å². The third kappa shape index (κ3) is 7.57. The molecule has 0 radical (unpaired) electrons. The van der Waals surface area contributed by atoms with Gasteiger partial charge in [0.2, 0.25) is 0 Å². The molecule has 0 atom stereocenters. The largest absolute Gasteiger partial charge is 0.458 e. The lowest BCUT2D eigenvalue weighted by atomic mass is 9.91. The number of nitrogens with zero attached hydrogens (tertiary/aromatic N) is 3. The van der Waals surface area contributed by atoms with Gasteiger partial charge in [0.1, 0.15) is 11.5 Å². The molecule has 1 aromatic rings. The van der Waals surface area contributed by atoms with Crippen LogP contribution in [0.1, 0.15) is 53.1 Å². The predicted octanol–water partition coefficient (Wildman–Crippen LogP) is 2.00. The Labute approximate surface area is 191 Å². The van der Waals surface area contributed by atoms with Crippen LogP contribution >= 0.6 is 12.2 Å². The highest BCUT2D eigenvalue weighted by Gasteiger charge is 2.42. The second kappa shape index (κ2) is 11.6. The van der Waals surface area contributed by atoms with Gasteiger partial charge in [-0.15, -0.1) is 0 Å². The van der Waals surface area contributed by atoms with E-state index in [1.54, 1.807) is 6.21 Å². The van der Waals surface area contributed by atoms with Crippen LogP contribution in [0.15, 0.2) is 26.8 Å². The van der Waals surface area contributed by atoms with Crippen LogP contribution < -0.4 is 21.5 Å². The van der Waals surface area contributed by atoms with E-state index in [1.807, 2.05) is 26.0 Å². The molecule has 1 fully saturated rings. The maximum atomic E-state index is 6.15. The van der Waals surface area contributed by atoms with E-state index >= 15 is 0 Å². The molecule has 2 heterocycles. The van der Waals surface area contributed by atoms with Crippen molar-refractivity contribution in [3.8, 4) is 0 Å². The zero-order chi connectivity index (χ0) is 22.9. The number of hydrazone groups is 2. The quantitative estimate of drug-likeness (QED) is 0.141. The van der Waals surface area contributed by atoms with Crippen molar-refractivity contribution in [3.63, 3.8) is 0 Å². The molecule has 1 aliphatic heterocycles. The smallest absolute Gasteiger partial charge is 0.186 e. The molecule has 0 spiro atoms. The average Bonchev–Trinajstić information content (AvgIpc) is 3.15. The van der Waals surface area contributed by atoms with Crippen LogP contribution in [0.4, 0.5) is 0 Å². The van der Waals surface area contributed by atoms with Gasteiger partial charge in [0.25, 0.3) is 0 Å². The highest BCUT2D eigenvalue weighted by molar-refractivity contribution is 7.80. The highest BCUT2D eigenvalue weighted by atomic mass is 32.1. The Morgan fingerprint density at radius 1 is 1.16 bits per heavy atom. The van der Waals surface area contributed by atoms with E-state index in [1.165, 1.54) is 0 Å². The Morgan fingerprint density at radius 2 is 1.87 bits per heavy atom. The first-order chi connectivity index (χ1) is 14.7. The molecule has 1 saturated heterocycles. The molecular weight excluding hydrogens is 414 g/mol. The van der Waals surface area contributed by atoms with Crippen molar-refractivity contribution < 1.29 is 9.15 Å². The minimum Gasteiger partial charge on any atom is -0.458 e. The molecule has 0 unspecified atom stereocenters. The van der Waals surface area contributed by atoms with Crippen molar-refractivity contribution in [2.24, 2.45) is 10.2 Å². The second-order valence-electron chi connectivity index (χ2n) is 8.63. The molecule has 2 rings (SSSR count). The van der Waals surface area contributed by atoms with Crippen LogP contribution in [0.2, 0.25) is 0 Å². The molecule has 0 aromatic carbocycles. The molecule has 0 bridgehead atoms. The Kier molecular flexibility index (Phi) is 9.42. The standard InChI is InChI=1S/C21H37N7O2S/c1-7-22-15-25-24-11-17(26-27-19(31)23-8-2)18-10-9-16(30-18)12-28-20(3,4)13-29-14-21(28,5)6/h9-11,22,25H,7-8,12-15H2,1-6H3,(H2,23,27,31)/b24-11+,26-17-. The number of nitrogens with one attached hydrogen (secondary N) is 4. The van der Waals surface area contributed by atoms with E-state index in [0.29, 0.717) is 49.6 Å². The molecule has 0 aliphatic carbocycles. The highest BCUT2D eigenvalue weighted by Crippen LogP contribution is 2.32. The van der Waals surface area contributed by atoms with Crippen molar-refractivity contribution in [1.82, 2.24) is 26.4 Å². The lowest BCUT2D eigenvalue weighted by Crippen LogP contribution is -2.62. The van der Waals surface area contributed by atoms with Crippen molar-refractivity contribution in [2.45, 2.75) is 59.2 Å². The van der Waals surface area contributed by atoms with Crippen molar-refractivity contribution >= 4 is 29.3 Å². The van der Waals surface area contributed by atoms with Gasteiger partial charge in [0.05, 0.1) is 32.6 Å². The normalized spacial score (nSPS) is 18.8. The van der Waals surface area contributed by atoms with Gasteiger partial charge < -0.3 is 14.5 Å². The number of hydrogen-bond acceptors (Lipinski definition) is 8. The Balaban J connectivity index is 2.17. The first kappa shape index (κ1) is 25.3. The number of thiocarbonyl (C=S) groups is 1. The molecule has 10 heteroatoms. The van der Waals surface area contributed by atoms with E-state index < -0.39 is 0 Å². The van der Waals surface area contributed by atoms with Crippen molar-refractivity contribution in [2.75, 3.05) is 33.0 Å². The van der Waals surface area contributed by atoms with Gasteiger partial charge in [-0.1, -0.05) is 6.92 Å². The third-order valence-corrected chi connectivity index (χ3v) is 5.18. The van der Waals surface area contributed by atoms with Crippen LogP contribution in [-0.2, 0) is 11.3 Å². The minimum absolute atomic E-state index is 0.0944. The van der Waals surface area contributed by atoms with E-state index in [2.05, 4.69) is 64.3 Å². The van der Waals surface area contributed by atoms with Gasteiger partial charge in [-0.05, 0) is 65.5 Å². The summed E-state index contributed by atoms with van der Waals surface area (Å²) in [5.41, 5.74) is 6.12. The fourth-order valence-electron chi connectivity index (χ4n) is 3.50. The predicted molar refractivity (Wildman–Crippen MR) is 129 cm³/mol. The number of hydrogen-bond donors (Lipinski definition) is 4. The summed E-state index contributed by atoms with van der Waals surface area (Å²) >= 11 is 5.21. The van der Waals surface area contributed by atoms with Crippen LogP contribution in [0.5, 0.6) is 0 Å². The summed E-state index contributed by atoms with van der Waals surface area (Å²) in [5.74, 6) is 1.47. The van der Waals surface area contributed by atoms with E-state index in [-0.39, 0.29) is 11.1 Å². The summed E-state index contributed by atoms with van der Waals surface area (Å²) in [7, 11) is 0.